The Morgan fingerprint density at radius 1 is 0.398 bits per heavy atom. The van der Waals surface area contributed by atoms with Crippen LogP contribution in [-0.2, 0) is 52.7 Å². The van der Waals surface area contributed by atoms with Crippen molar-refractivity contribution >= 4 is 65.0 Å². The highest BCUT2D eigenvalue weighted by Gasteiger charge is 2.44. The molecule has 0 saturated carbocycles. The van der Waals surface area contributed by atoms with Crippen LogP contribution in [0.4, 0.5) is 0 Å². The van der Waals surface area contributed by atoms with Gasteiger partial charge in [-0.25, -0.2) is 0 Å². The van der Waals surface area contributed by atoms with Crippen molar-refractivity contribution < 1.29 is 52.7 Å². The largest absolute Gasteiger partial charge is 0.343 e. The standard InChI is InChI=1S/C61H111N11O11/c1-24-26-27-28-29-44-53(75)64-43(25-2)57(79)66(17)34-49(73)67(18)45(30-35(3)4)55(77)65-50(39(11)12)60(82)69(20)46(31-36(5)6)54(76)62-41(15)52(74)63-42(16)56(78)70(21)47(32-37(7)8)58(80)71(22)48(33-38(9)10)59(81)72(23)51(40(13)14)61(83)68(44)19/h35-48,50-51H,24-34H2,1-23H3,(H,62,76)(H,63,74)(H,64,75)(H,65,77)/t41-,42+,43-,44-,45-,46-,47+,48-,50-,51-/m0/s1. The van der Waals surface area contributed by atoms with Gasteiger partial charge >= 0.3 is 0 Å². The molecule has 0 aromatic rings. The number of nitrogens with one attached hydrogen (secondary N) is 4. The fraction of sp³-hybridized carbons (Fsp3) is 0.820. The number of rotatable bonds is 16. The second-order valence-electron chi connectivity index (χ2n) is 25.7. The van der Waals surface area contributed by atoms with E-state index in [0.29, 0.717) is 6.42 Å². The van der Waals surface area contributed by atoms with E-state index in [2.05, 4.69) is 28.2 Å². The zero-order chi connectivity index (χ0) is 64.2. The van der Waals surface area contributed by atoms with E-state index in [1.807, 2.05) is 55.4 Å². The lowest BCUT2D eigenvalue weighted by atomic mass is 9.95. The summed E-state index contributed by atoms with van der Waals surface area (Å²) in [6, 6.07) is -11.3. The number of carbonyl (C=O) groups is 11. The number of likely N-dealkylation sites (N-methyl/N-ethyl adjacent to an activating group) is 7. The summed E-state index contributed by atoms with van der Waals surface area (Å²) in [7, 11) is 10.3. The molecule has 1 rings (SSSR count). The normalized spacial score (nSPS) is 26.4. The Hall–Kier alpha value is -5.83. The summed E-state index contributed by atoms with van der Waals surface area (Å²) in [6.45, 7) is 28.3. The van der Waals surface area contributed by atoms with Gasteiger partial charge in [-0.2, -0.15) is 0 Å². The Bertz CT molecular complexity index is 2200. The lowest BCUT2D eigenvalue weighted by molar-refractivity contribution is -0.156. The van der Waals surface area contributed by atoms with Gasteiger partial charge in [-0.3, -0.25) is 52.7 Å². The fourth-order valence-electron chi connectivity index (χ4n) is 10.6. The minimum Gasteiger partial charge on any atom is -0.343 e. The molecule has 1 aliphatic rings. The molecule has 0 aliphatic carbocycles. The van der Waals surface area contributed by atoms with Crippen molar-refractivity contribution in [2.45, 2.75) is 235 Å². The molecule has 1 saturated heterocycles. The monoisotopic (exact) mass is 1170 g/mol. The van der Waals surface area contributed by atoms with Crippen LogP contribution in [0, 0.1) is 35.5 Å². The molecule has 1 aliphatic heterocycles. The summed E-state index contributed by atoms with van der Waals surface area (Å²) < 4.78 is 0. The summed E-state index contributed by atoms with van der Waals surface area (Å²) in [5.41, 5.74) is 0. The zero-order valence-corrected chi connectivity index (χ0v) is 55.1. The maximum Gasteiger partial charge on any atom is 0.246 e. The van der Waals surface area contributed by atoms with Gasteiger partial charge in [-0.05, 0) is 87.9 Å². The molecule has 22 heteroatoms. The average molecular weight is 1170 g/mol. The van der Waals surface area contributed by atoms with Crippen LogP contribution in [0.3, 0.4) is 0 Å². The second-order valence-corrected chi connectivity index (χ2v) is 25.7. The Balaban J connectivity index is 4.22. The predicted octanol–water partition coefficient (Wildman–Crippen LogP) is 4.28. The lowest BCUT2D eigenvalue weighted by Gasteiger charge is -2.41. The van der Waals surface area contributed by atoms with Gasteiger partial charge in [0.1, 0.15) is 60.4 Å². The van der Waals surface area contributed by atoms with E-state index in [-0.39, 0.29) is 62.2 Å². The first-order valence-electron chi connectivity index (χ1n) is 30.4. The van der Waals surface area contributed by atoms with Gasteiger partial charge < -0.3 is 55.6 Å². The Kier molecular flexibility index (Phi) is 31.5. The smallest absolute Gasteiger partial charge is 0.246 e. The molecule has 1 fully saturated rings. The lowest BCUT2D eigenvalue weighted by Crippen LogP contribution is -2.61. The highest BCUT2D eigenvalue weighted by atomic mass is 16.2. The van der Waals surface area contributed by atoms with Crippen LogP contribution in [0.15, 0.2) is 0 Å². The average Bonchev–Trinajstić information content (AvgIpc) is 3.59. The van der Waals surface area contributed by atoms with E-state index < -0.39 is 144 Å². The SMILES string of the molecule is CCCCCC[C@H]1C(=O)N[C@@H](CC)C(=O)N(C)CC(=O)N(C)[C@@H](CC(C)C)C(=O)N[C@@H](C(C)C)C(=O)N(C)[C@@H](CC(C)C)C(=O)N[C@@H](C)C(=O)N[C@H](C)C(=O)N(C)[C@H](CC(C)C)C(=O)N(C)[C@@H](CC(C)C)C(=O)N(C)[C@@H](C(C)C)C(=O)N1C. The van der Waals surface area contributed by atoms with Crippen LogP contribution in [-0.4, -0.2) is 216 Å². The molecule has 11 amide bonds. The molecule has 0 unspecified atom stereocenters. The summed E-state index contributed by atoms with van der Waals surface area (Å²) in [5, 5.41) is 11.1. The number of hydrogen-bond donors (Lipinski definition) is 4. The van der Waals surface area contributed by atoms with Crippen LogP contribution in [0.2, 0.25) is 0 Å². The third-order valence-electron chi connectivity index (χ3n) is 15.8. The zero-order valence-electron chi connectivity index (χ0n) is 55.1. The van der Waals surface area contributed by atoms with Gasteiger partial charge in [-0.1, -0.05) is 123 Å². The van der Waals surface area contributed by atoms with Crippen molar-refractivity contribution in [1.82, 2.24) is 55.6 Å². The third-order valence-corrected chi connectivity index (χ3v) is 15.8. The van der Waals surface area contributed by atoms with Crippen molar-refractivity contribution in [2.24, 2.45) is 35.5 Å². The first-order chi connectivity index (χ1) is 38.4. The predicted molar refractivity (Wildman–Crippen MR) is 323 cm³/mol. The highest BCUT2D eigenvalue weighted by molar-refractivity contribution is 5.99. The number of amides is 11. The topological polar surface area (TPSA) is 259 Å². The summed E-state index contributed by atoms with van der Waals surface area (Å²) in [5.74, 6) is -8.02. The van der Waals surface area contributed by atoms with Crippen molar-refractivity contribution in [3.05, 3.63) is 0 Å². The number of unbranched alkanes of at least 4 members (excludes halogenated alkanes) is 3. The Morgan fingerprint density at radius 2 is 0.807 bits per heavy atom. The van der Waals surface area contributed by atoms with E-state index in [1.165, 1.54) is 97.5 Å². The maximum absolute atomic E-state index is 15.0. The summed E-state index contributed by atoms with van der Waals surface area (Å²) >= 11 is 0. The van der Waals surface area contributed by atoms with Crippen molar-refractivity contribution in [1.29, 1.82) is 0 Å². The molecule has 0 spiro atoms. The molecule has 0 bridgehead atoms. The molecular weight excluding hydrogens is 1060 g/mol. The quantitative estimate of drug-likeness (QED) is 0.159. The van der Waals surface area contributed by atoms with Gasteiger partial charge in [0.05, 0.1) is 6.54 Å². The van der Waals surface area contributed by atoms with E-state index >= 15 is 9.59 Å². The third kappa shape index (κ3) is 21.9. The van der Waals surface area contributed by atoms with E-state index in [4.69, 9.17) is 0 Å². The van der Waals surface area contributed by atoms with Crippen LogP contribution >= 0.6 is 0 Å². The van der Waals surface area contributed by atoms with Crippen LogP contribution in [0.25, 0.3) is 0 Å². The molecular formula is C61H111N11O11. The molecule has 476 valence electrons. The summed E-state index contributed by atoms with van der Waals surface area (Å²) in [4.78, 5) is 168. The van der Waals surface area contributed by atoms with Gasteiger partial charge in [-0.15, -0.1) is 0 Å². The van der Waals surface area contributed by atoms with Gasteiger partial charge in [0, 0.05) is 49.3 Å². The minimum absolute atomic E-state index is 0.108. The number of nitrogens with zero attached hydrogens (tertiary/aromatic N) is 7. The summed E-state index contributed by atoms with van der Waals surface area (Å²) in [6.07, 6.45) is 4.25. The van der Waals surface area contributed by atoms with E-state index in [9.17, 15) is 43.2 Å². The molecule has 4 N–H and O–H groups in total. The van der Waals surface area contributed by atoms with Gasteiger partial charge in [0.15, 0.2) is 0 Å². The number of carbonyl (C=O) groups excluding carboxylic acids is 11. The Labute approximate surface area is 498 Å². The Morgan fingerprint density at radius 3 is 1.27 bits per heavy atom. The van der Waals surface area contributed by atoms with E-state index in [1.54, 1.807) is 34.6 Å². The fourth-order valence-corrected chi connectivity index (χ4v) is 10.6. The first-order valence-corrected chi connectivity index (χ1v) is 30.4. The second kappa shape index (κ2) is 34.8. The molecule has 0 aromatic heterocycles. The molecule has 0 aromatic carbocycles. The van der Waals surface area contributed by atoms with E-state index in [0.717, 1.165) is 19.3 Å². The molecule has 1 heterocycles. The molecule has 83 heavy (non-hydrogen) atoms. The molecule has 10 atom stereocenters. The van der Waals surface area contributed by atoms with Crippen LogP contribution in [0.1, 0.15) is 175 Å². The first kappa shape index (κ1) is 75.2. The minimum atomic E-state index is -1.21. The van der Waals surface area contributed by atoms with Gasteiger partial charge in [0.2, 0.25) is 65.0 Å². The van der Waals surface area contributed by atoms with Gasteiger partial charge in [0.25, 0.3) is 0 Å². The maximum atomic E-state index is 15.0. The van der Waals surface area contributed by atoms with Crippen molar-refractivity contribution in [3.8, 4) is 0 Å². The molecule has 22 nitrogen and oxygen atoms in total. The van der Waals surface area contributed by atoms with Crippen molar-refractivity contribution in [3.63, 3.8) is 0 Å². The van der Waals surface area contributed by atoms with Crippen molar-refractivity contribution in [2.75, 3.05) is 55.9 Å². The number of hydrogen-bond acceptors (Lipinski definition) is 11. The van der Waals surface area contributed by atoms with Crippen LogP contribution < -0.4 is 21.3 Å². The molecule has 0 radical (unpaired) electrons. The highest BCUT2D eigenvalue weighted by Crippen LogP contribution is 2.25. The van der Waals surface area contributed by atoms with Crippen LogP contribution in [0.5, 0.6) is 0 Å².